The molecule has 0 atom stereocenters. The van der Waals surface area contributed by atoms with E-state index in [4.69, 9.17) is 4.43 Å². The van der Waals surface area contributed by atoms with Crippen LogP contribution in [0.25, 0.3) is 11.2 Å². The highest BCUT2D eigenvalue weighted by molar-refractivity contribution is 9.10. The fourth-order valence-corrected chi connectivity index (χ4v) is 9.60. The minimum atomic E-state index is -2.53. The van der Waals surface area contributed by atoms with Crippen molar-refractivity contribution >= 4 is 52.1 Å². The molecule has 0 N–H and O–H groups in total. The summed E-state index contributed by atoms with van der Waals surface area (Å²) in [5.74, 6) is 0.411. The van der Waals surface area contributed by atoms with E-state index in [-0.39, 0.29) is 5.04 Å². The van der Waals surface area contributed by atoms with E-state index in [2.05, 4.69) is 107 Å². The second-order valence-electron chi connectivity index (χ2n) is 9.45. The zero-order valence-corrected chi connectivity index (χ0v) is 22.5. The summed E-state index contributed by atoms with van der Waals surface area (Å²) in [6.07, 6.45) is 4.27. The third-order valence-corrected chi connectivity index (χ3v) is 11.7. The van der Waals surface area contributed by atoms with Gasteiger partial charge in [0.25, 0.3) is 8.32 Å². The second kappa shape index (κ2) is 10.3. The van der Waals surface area contributed by atoms with Crippen molar-refractivity contribution < 1.29 is 9.22 Å². The highest BCUT2D eigenvalue weighted by Crippen LogP contribution is 2.36. The van der Waals surface area contributed by atoms with Crippen LogP contribution in [0, 0.1) is 0 Å². The third kappa shape index (κ3) is 4.78. The predicted octanol–water partition coefficient (Wildman–Crippen LogP) is 5.36. The van der Waals surface area contributed by atoms with Gasteiger partial charge in [-0.15, -0.1) is 0 Å². The van der Waals surface area contributed by atoms with Crippen molar-refractivity contribution in [2.24, 2.45) is 0 Å². The Kier molecular flexibility index (Phi) is 7.45. The number of fused-ring (bicyclic) bond motifs is 1. The number of carbonyl (C=O) groups excluding carboxylic acids is 1. The van der Waals surface area contributed by atoms with Gasteiger partial charge < -0.3 is 8.99 Å². The lowest BCUT2D eigenvalue weighted by Gasteiger charge is -2.43. The van der Waals surface area contributed by atoms with Crippen molar-refractivity contribution in [3.05, 3.63) is 83.2 Å². The van der Waals surface area contributed by atoms with Crippen LogP contribution in [-0.2, 0) is 11.0 Å². The summed E-state index contributed by atoms with van der Waals surface area (Å²) in [5, 5.41) is 2.53. The molecule has 0 aliphatic rings. The lowest BCUT2D eigenvalue weighted by molar-refractivity contribution is 0.111. The number of benzene rings is 2. The molecule has 0 fully saturated rings. The average Bonchev–Trinajstić information content (AvgIpc) is 3.18. The van der Waals surface area contributed by atoms with Gasteiger partial charge in [-0.05, 0) is 50.2 Å². The maximum absolute atomic E-state index is 11.6. The Bertz CT molecular complexity index is 1210. The molecule has 7 heteroatoms. The van der Waals surface area contributed by atoms with Gasteiger partial charge in [0, 0.05) is 23.8 Å². The quantitative estimate of drug-likeness (QED) is 0.164. The fourth-order valence-electron chi connectivity index (χ4n) is 4.67. The van der Waals surface area contributed by atoms with Crippen molar-refractivity contribution in [2.45, 2.75) is 45.2 Å². The molecular formula is C27H30BrN3O2Si. The van der Waals surface area contributed by atoms with Crippen molar-refractivity contribution in [1.29, 1.82) is 0 Å². The molecule has 4 rings (SSSR count). The number of halogens is 1. The van der Waals surface area contributed by atoms with E-state index in [0.717, 1.165) is 34.8 Å². The third-order valence-electron chi connectivity index (χ3n) is 6.20. The Hall–Kier alpha value is -2.61. The summed E-state index contributed by atoms with van der Waals surface area (Å²) < 4.78 is 9.72. The molecule has 2 heterocycles. The molecule has 0 saturated heterocycles. The average molecular weight is 537 g/mol. The molecular weight excluding hydrogens is 506 g/mol. The van der Waals surface area contributed by atoms with Crippen molar-refractivity contribution in [2.75, 3.05) is 6.61 Å². The van der Waals surface area contributed by atoms with E-state index in [1.54, 1.807) is 6.20 Å². The Morgan fingerprint density at radius 1 is 1.00 bits per heavy atom. The van der Waals surface area contributed by atoms with Crippen LogP contribution in [0.1, 0.15) is 44.2 Å². The summed E-state index contributed by atoms with van der Waals surface area (Å²) in [7, 11) is -2.53. The minimum Gasteiger partial charge on any atom is -0.407 e. The molecule has 0 radical (unpaired) electrons. The van der Waals surface area contributed by atoms with Crippen LogP contribution >= 0.6 is 15.9 Å². The van der Waals surface area contributed by atoms with E-state index in [1.165, 1.54) is 10.4 Å². The number of unbranched alkanes of at least 4 members (excludes halogenated alkanes) is 1. The predicted molar refractivity (Wildman–Crippen MR) is 143 cm³/mol. The topological polar surface area (TPSA) is 57.0 Å². The zero-order valence-electron chi connectivity index (χ0n) is 19.9. The standard InChI is InChI=1S/C27H30BrN3O2Si/c1-27(2,3)34(22-12-6-4-7-13-22,23-14-8-5-9-15-23)33-17-11-10-16-31-25(20-32)30-24-18-21(28)19-29-26(24)31/h4-9,12-15,18-20H,10-11,16-17H2,1-3H3. The van der Waals surface area contributed by atoms with Gasteiger partial charge in [0.2, 0.25) is 0 Å². The number of pyridine rings is 1. The number of hydrogen-bond acceptors (Lipinski definition) is 4. The maximum Gasteiger partial charge on any atom is 0.261 e. The van der Waals surface area contributed by atoms with E-state index >= 15 is 0 Å². The number of aromatic nitrogens is 3. The van der Waals surface area contributed by atoms with Crippen LogP contribution in [0.15, 0.2) is 77.4 Å². The first-order valence-corrected chi connectivity index (χ1v) is 14.3. The van der Waals surface area contributed by atoms with Gasteiger partial charge in [0.1, 0.15) is 5.52 Å². The molecule has 0 spiro atoms. The van der Waals surface area contributed by atoms with Crippen molar-refractivity contribution in [1.82, 2.24) is 14.5 Å². The first-order chi connectivity index (χ1) is 16.4. The SMILES string of the molecule is CC(C)(C)[Si](OCCCCn1c(C=O)nc2cc(Br)cnc21)(c1ccccc1)c1ccccc1. The van der Waals surface area contributed by atoms with Crippen LogP contribution in [0.2, 0.25) is 5.04 Å². The normalized spacial score (nSPS) is 12.2. The summed E-state index contributed by atoms with van der Waals surface area (Å²) >= 11 is 3.42. The van der Waals surface area contributed by atoms with Crippen LogP contribution in [0.5, 0.6) is 0 Å². The molecule has 0 bridgehead atoms. The Balaban J connectivity index is 1.54. The highest BCUT2D eigenvalue weighted by atomic mass is 79.9. The molecule has 0 aliphatic carbocycles. The molecule has 34 heavy (non-hydrogen) atoms. The summed E-state index contributed by atoms with van der Waals surface area (Å²) in [4.78, 5) is 20.5. The smallest absolute Gasteiger partial charge is 0.261 e. The number of nitrogens with zero attached hydrogens (tertiary/aromatic N) is 3. The van der Waals surface area contributed by atoms with E-state index in [1.807, 2.05) is 10.6 Å². The molecule has 0 aliphatic heterocycles. The molecule has 2 aromatic heterocycles. The number of rotatable bonds is 9. The highest BCUT2D eigenvalue weighted by Gasteiger charge is 2.49. The van der Waals surface area contributed by atoms with Gasteiger partial charge in [-0.1, -0.05) is 81.4 Å². The zero-order chi connectivity index (χ0) is 24.2. The number of hydrogen-bond donors (Lipinski definition) is 0. The lowest BCUT2D eigenvalue weighted by atomic mass is 10.2. The Morgan fingerprint density at radius 2 is 1.62 bits per heavy atom. The summed E-state index contributed by atoms with van der Waals surface area (Å²) in [6, 6.07) is 23.3. The Morgan fingerprint density at radius 3 is 2.18 bits per heavy atom. The number of aryl methyl sites for hydroxylation is 1. The monoisotopic (exact) mass is 535 g/mol. The van der Waals surface area contributed by atoms with Gasteiger partial charge in [-0.3, -0.25) is 4.79 Å². The largest absolute Gasteiger partial charge is 0.407 e. The van der Waals surface area contributed by atoms with Gasteiger partial charge >= 0.3 is 0 Å². The summed E-state index contributed by atoms with van der Waals surface area (Å²) in [5.41, 5.74) is 1.46. The van der Waals surface area contributed by atoms with Crippen LogP contribution in [0.3, 0.4) is 0 Å². The fraction of sp³-hybridized carbons (Fsp3) is 0.296. The van der Waals surface area contributed by atoms with Crippen LogP contribution in [0.4, 0.5) is 0 Å². The molecule has 176 valence electrons. The molecule has 2 aromatic carbocycles. The number of aldehydes is 1. The minimum absolute atomic E-state index is 0.0434. The molecule has 0 saturated carbocycles. The van der Waals surface area contributed by atoms with Gasteiger partial charge in [0.05, 0.1) is 0 Å². The molecule has 5 nitrogen and oxygen atoms in total. The van der Waals surface area contributed by atoms with Gasteiger partial charge in [0.15, 0.2) is 17.8 Å². The van der Waals surface area contributed by atoms with Gasteiger partial charge in [-0.25, -0.2) is 9.97 Å². The van der Waals surface area contributed by atoms with E-state index < -0.39 is 8.32 Å². The van der Waals surface area contributed by atoms with E-state index in [9.17, 15) is 4.79 Å². The molecule has 0 unspecified atom stereocenters. The van der Waals surface area contributed by atoms with Gasteiger partial charge in [-0.2, -0.15) is 0 Å². The first-order valence-electron chi connectivity index (χ1n) is 11.6. The lowest BCUT2D eigenvalue weighted by Crippen LogP contribution is -2.66. The molecule has 4 aromatic rings. The molecule has 0 amide bonds. The maximum atomic E-state index is 11.6. The second-order valence-corrected chi connectivity index (χ2v) is 14.7. The number of carbonyl (C=O) groups is 1. The van der Waals surface area contributed by atoms with Crippen LogP contribution < -0.4 is 10.4 Å². The Labute approximate surface area is 210 Å². The van der Waals surface area contributed by atoms with Crippen molar-refractivity contribution in [3.8, 4) is 0 Å². The van der Waals surface area contributed by atoms with E-state index in [0.29, 0.717) is 19.0 Å². The van der Waals surface area contributed by atoms with Crippen molar-refractivity contribution in [3.63, 3.8) is 0 Å². The van der Waals surface area contributed by atoms with Crippen LogP contribution in [-0.4, -0.2) is 35.7 Å². The number of imidazole rings is 1. The summed E-state index contributed by atoms with van der Waals surface area (Å²) in [6.45, 7) is 8.18. The first kappa shape index (κ1) is 24.5.